The van der Waals surface area contributed by atoms with Crippen LogP contribution in [0, 0.1) is 5.92 Å². The van der Waals surface area contributed by atoms with Crippen molar-refractivity contribution in [2.24, 2.45) is 5.92 Å². The molecular formula is C14H15F2N5O2S. The van der Waals surface area contributed by atoms with Crippen molar-refractivity contribution in [2.75, 3.05) is 30.9 Å². The van der Waals surface area contributed by atoms with Crippen LogP contribution in [0.15, 0.2) is 6.33 Å². The van der Waals surface area contributed by atoms with E-state index in [-0.39, 0.29) is 22.3 Å². The fourth-order valence-electron chi connectivity index (χ4n) is 3.46. The first-order chi connectivity index (χ1) is 11.5. The van der Waals surface area contributed by atoms with Gasteiger partial charge in [-0.05, 0) is 12.2 Å². The number of hydrogen-bond donors (Lipinski definition) is 1. The van der Waals surface area contributed by atoms with Gasteiger partial charge in [-0.15, -0.1) is 0 Å². The monoisotopic (exact) mass is 355 g/mol. The molecule has 0 aliphatic carbocycles. The van der Waals surface area contributed by atoms with Gasteiger partial charge in [0, 0.05) is 13.1 Å². The van der Waals surface area contributed by atoms with Gasteiger partial charge in [-0.2, -0.15) is 11.8 Å². The lowest BCUT2D eigenvalue weighted by atomic mass is 9.83. The molecule has 24 heavy (non-hydrogen) atoms. The van der Waals surface area contributed by atoms with Crippen molar-refractivity contribution in [1.29, 1.82) is 0 Å². The van der Waals surface area contributed by atoms with Crippen LogP contribution in [-0.4, -0.2) is 56.6 Å². The number of nitrogens with one attached hydrogen (secondary N) is 1. The Labute approximate surface area is 140 Å². The minimum Gasteiger partial charge on any atom is -0.469 e. The summed E-state index contributed by atoms with van der Waals surface area (Å²) in [6.45, 7) is 1.24. The summed E-state index contributed by atoms with van der Waals surface area (Å²) in [6, 6.07) is 0. The molecule has 1 N–H and O–H groups in total. The summed E-state index contributed by atoms with van der Waals surface area (Å²) in [5, 5.41) is 0. The van der Waals surface area contributed by atoms with Crippen LogP contribution in [0.2, 0.25) is 0 Å². The molecular weight excluding hydrogens is 340 g/mol. The van der Waals surface area contributed by atoms with Gasteiger partial charge < -0.3 is 14.6 Å². The number of thioether (sulfide) groups is 1. The number of carbonyl (C=O) groups is 1. The maximum atomic E-state index is 12.8. The van der Waals surface area contributed by atoms with Crippen molar-refractivity contribution < 1.29 is 18.3 Å². The van der Waals surface area contributed by atoms with Crippen molar-refractivity contribution >= 4 is 34.7 Å². The minimum absolute atomic E-state index is 0.139. The first kappa shape index (κ1) is 15.6. The molecule has 4 rings (SSSR count). The van der Waals surface area contributed by atoms with E-state index in [0.717, 1.165) is 12.2 Å². The Hall–Kier alpha value is -1.97. The van der Waals surface area contributed by atoms with Crippen LogP contribution in [0.1, 0.15) is 18.7 Å². The molecule has 0 saturated carbocycles. The van der Waals surface area contributed by atoms with E-state index in [1.165, 1.54) is 13.4 Å². The molecule has 0 amide bonds. The third kappa shape index (κ3) is 2.23. The number of anilines is 1. The minimum atomic E-state index is -2.69. The fourth-order valence-corrected chi connectivity index (χ4v) is 5.13. The van der Waals surface area contributed by atoms with Crippen molar-refractivity contribution in [3.63, 3.8) is 0 Å². The summed E-state index contributed by atoms with van der Waals surface area (Å²) < 4.78 is 30.4. The highest BCUT2D eigenvalue weighted by atomic mass is 32.2. The van der Waals surface area contributed by atoms with Gasteiger partial charge >= 0.3 is 5.97 Å². The Balaban J connectivity index is 1.61. The number of aromatic amines is 1. The largest absolute Gasteiger partial charge is 0.469 e. The zero-order valence-corrected chi connectivity index (χ0v) is 13.6. The van der Waals surface area contributed by atoms with E-state index in [1.807, 2.05) is 4.90 Å². The number of rotatable bonds is 3. The molecule has 0 aromatic carbocycles. The molecule has 128 valence electrons. The first-order valence-electron chi connectivity index (χ1n) is 7.49. The number of ether oxygens (including phenoxy) is 1. The molecule has 7 nitrogen and oxygen atoms in total. The number of esters is 1. The maximum absolute atomic E-state index is 12.8. The highest BCUT2D eigenvalue weighted by molar-refractivity contribution is 8.01. The standard InChI is InChI=1S/C14H15F2N5O2S/c1-23-13(22)7-2-3-24-14(7)4-21(5-14)12-8-10(17-6-18-12)20-11(19-8)9(15)16/h6-7,9H,2-5H2,1H3,(H,17,18,19,20). The van der Waals surface area contributed by atoms with Gasteiger partial charge in [-0.3, -0.25) is 4.79 Å². The van der Waals surface area contributed by atoms with Crippen molar-refractivity contribution in [3.05, 3.63) is 12.2 Å². The zero-order chi connectivity index (χ0) is 16.9. The number of imidazole rings is 1. The van der Waals surface area contributed by atoms with E-state index in [1.54, 1.807) is 11.8 Å². The molecule has 10 heteroatoms. The van der Waals surface area contributed by atoms with Crippen LogP contribution in [0.4, 0.5) is 14.6 Å². The molecule has 0 bridgehead atoms. The van der Waals surface area contributed by atoms with Crippen molar-refractivity contribution in [2.45, 2.75) is 17.6 Å². The van der Waals surface area contributed by atoms with Gasteiger partial charge in [-0.1, -0.05) is 0 Å². The molecule has 1 unspecified atom stereocenters. The van der Waals surface area contributed by atoms with E-state index in [0.29, 0.717) is 24.4 Å². The number of carbonyl (C=O) groups excluding carboxylic acids is 1. The van der Waals surface area contributed by atoms with Gasteiger partial charge in [0.2, 0.25) is 0 Å². The SMILES string of the molecule is COC(=O)C1CCSC12CN(c1ncnc3nc(C(F)F)[nH]c13)C2. The van der Waals surface area contributed by atoms with Crippen LogP contribution in [-0.2, 0) is 9.53 Å². The molecule has 1 spiro atoms. The van der Waals surface area contributed by atoms with E-state index in [9.17, 15) is 13.6 Å². The average molecular weight is 355 g/mol. The Morgan fingerprint density at radius 3 is 3.00 bits per heavy atom. The van der Waals surface area contributed by atoms with Gasteiger partial charge in [-0.25, -0.2) is 23.7 Å². The number of alkyl halides is 2. The number of fused-ring (bicyclic) bond motifs is 1. The topological polar surface area (TPSA) is 84.0 Å². The lowest BCUT2D eigenvalue weighted by molar-refractivity contribution is -0.146. The average Bonchev–Trinajstić information content (AvgIpc) is 3.16. The smallest absolute Gasteiger partial charge is 0.310 e. The molecule has 2 saturated heterocycles. The Morgan fingerprint density at radius 2 is 2.29 bits per heavy atom. The summed E-state index contributed by atoms with van der Waals surface area (Å²) in [5.74, 6) is 0.714. The summed E-state index contributed by atoms with van der Waals surface area (Å²) >= 11 is 1.77. The summed E-state index contributed by atoms with van der Waals surface area (Å²) in [7, 11) is 1.40. The van der Waals surface area contributed by atoms with E-state index < -0.39 is 12.2 Å². The van der Waals surface area contributed by atoms with E-state index >= 15 is 0 Å². The third-order valence-corrected chi connectivity index (χ3v) is 6.18. The molecule has 4 heterocycles. The molecule has 1 atom stereocenters. The van der Waals surface area contributed by atoms with Crippen molar-refractivity contribution in [1.82, 2.24) is 19.9 Å². The summed E-state index contributed by atoms with van der Waals surface area (Å²) in [5.41, 5.74) is 0.625. The van der Waals surface area contributed by atoms with E-state index in [2.05, 4.69) is 19.9 Å². The zero-order valence-electron chi connectivity index (χ0n) is 12.8. The second-order valence-corrected chi connectivity index (χ2v) is 7.46. The lowest BCUT2D eigenvalue weighted by Gasteiger charge is -2.50. The normalized spacial score (nSPS) is 22.3. The maximum Gasteiger partial charge on any atom is 0.310 e. The number of nitrogens with zero attached hydrogens (tertiary/aromatic N) is 4. The second kappa shape index (κ2) is 5.54. The lowest BCUT2D eigenvalue weighted by Crippen LogP contribution is -2.63. The molecule has 2 aromatic rings. The summed E-state index contributed by atoms with van der Waals surface area (Å²) in [4.78, 5) is 28.5. The highest BCUT2D eigenvalue weighted by Gasteiger charge is 2.56. The Bertz CT molecular complexity index is 793. The quantitative estimate of drug-likeness (QED) is 0.840. The summed E-state index contributed by atoms with van der Waals surface area (Å²) in [6.07, 6.45) is -0.577. The number of hydrogen-bond acceptors (Lipinski definition) is 7. The number of halogens is 2. The van der Waals surface area contributed by atoms with Crippen LogP contribution in [0.3, 0.4) is 0 Å². The van der Waals surface area contributed by atoms with Gasteiger partial charge in [0.05, 0.1) is 17.8 Å². The van der Waals surface area contributed by atoms with Crippen LogP contribution < -0.4 is 4.90 Å². The Kier molecular flexibility index (Phi) is 3.59. The molecule has 2 aliphatic heterocycles. The van der Waals surface area contributed by atoms with Crippen LogP contribution >= 0.6 is 11.8 Å². The highest BCUT2D eigenvalue weighted by Crippen LogP contribution is 2.50. The van der Waals surface area contributed by atoms with Gasteiger partial charge in [0.25, 0.3) is 6.43 Å². The van der Waals surface area contributed by atoms with Gasteiger partial charge in [0.1, 0.15) is 11.8 Å². The molecule has 0 radical (unpaired) electrons. The number of aromatic nitrogens is 4. The molecule has 2 aromatic heterocycles. The van der Waals surface area contributed by atoms with E-state index in [4.69, 9.17) is 4.74 Å². The van der Waals surface area contributed by atoms with Crippen molar-refractivity contribution in [3.8, 4) is 0 Å². The Morgan fingerprint density at radius 1 is 1.50 bits per heavy atom. The fraction of sp³-hybridized carbons (Fsp3) is 0.571. The predicted molar refractivity (Wildman–Crippen MR) is 84.2 cm³/mol. The third-order valence-electron chi connectivity index (χ3n) is 4.63. The molecule has 2 fully saturated rings. The first-order valence-corrected chi connectivity index (χ1v) is 8.48. The molecule has 2 aliphatic rings. The number of H-pyrrole nitrogens is 1. The second-order valence-electron chi connectivity index (χ2n) is 5.95. The van der Waals surface area contributed by atoms with Crippen LogP contribution in [0.25, 0.3) is 11.2 Å². The number of methoxy groups -OCH3 is 1. The van der Waals surface area contributed by atoms with Crippen LogP contribution in [0.5, 0.6) is 0 Å². The van der Waals surface area contributed by atoms with Gasteiger partial charge in [0.15, 0.2) is 17.3 Å². The predicted octanol–water partition coefficient (Wildman–Crippen LogP) is 1.78.